The van der Waals surface area contributed by atoms with Crippen LogP contribution in [0.15, 0.2) is 30.3 Å². The molecule has 0 aliphatic rings. The van der Waals surface area contributed by atoms with Crippen LogP contribution in [0.3, 0.4) is 0 Å². The average Bonchev–Trinajstić information content (AvgIpc) is 2.38. The third kappa shape index (κ3) is 4.05. The maximum atomic E-state index is 5.71. The van der Waals surface area contributed by atoms with E-state index in [1.165, 1.54) is 11.1 Å². The second-order valence-electron chi connectivity index (χ2n) is 5.57. The molecule has 0 N–H and O–H groups in total. The normalized spacial score (nSPS) is 10.8. The van der Waals surface area contributed by atoms with E-state index in [0.29, 0.717) is 18.4 Å². The highest BCUT2D eigenvalue weighted by atomic mass is 16.5. The number of hydrogen-bond acceptors (Lipinski definition) is 3. The van der Waals surface area contributed by atoms with Gasteiger partial charge in [0.05, 0.1) is 6.61 Å². The van der Waals surface area contributed by atoms with Crippen molar-refractivity contribution in [1.29, 1.82) is 0 Å². The number of hydrogen-bond donors (Lipinski definition) is 0. The van der Waals surface area contributed by atoms with Crippen LogP contribution in [-0.4, -0.2) is 16.6 Å². The molecule has 106 valence electrons. The largest absolute Gasteiger partial charge is 0.477 e. The van der Waals surface area contributed by atoms with E-state index in [0.717, 1.165) is 17.9 Å². The lowest BCUT2D eigenvalue weighted by atomic mass is 10.1. The maximum Gasteiger partial charge on any atom is 0.216 e. The van der Waals surface area contributed by atoms with Gasteiger partial charge in [0.1, 0.15) is 5.82 Å². The molecular formula is C17H22N2O. The molecule has 3 heteroatoms. The minimum atomic E-state index is 0.491. The van der Waals surface area contributed by atoms with Gasteiger partial charge in [-0.3, -0.25) is 0 Å². The van der Waals surface area contributed by atoms with Gasteiger partial charge >= 0.3 is 0 Å². The van der Waals surface area contributed by atoms with Crippen molar-refractivity contribution >= 4 is 0 Å². The van der Waals surface area contributed by atoms with Crippen molar-refractivity contribution in [1.82, 2.24) is 9.97 Å². The Balaban J connectivity index is 2.17. The minimum Gasteiger partial charge on any atom is -0.477 e. The monoisotopic (exact) mass is 270 g/mol. The Morgan fingerprint density at radius 1 is 1.10 bits per heavy atom. The molecule has 0 saturated heterocycles. The Morgan fingerprint density at radius 3 is 2.55 bits per heavy atom. The Hall–Kier alpha value is -1.90. The number of aromatic nitrogens is 2. The topological polar surface area (TPSA) is 35.0 Å². The van der Waals surface area contributed by atoms with E-state index in [1.54, 1.807) is 0 Å². The summed E-state index contributed by atoms with van der Waals surface area (Å²) in [5.74, 6) is 1.98. The van der Waals surface area contributed by atoms with Crippen molar-refractivity contribution in [2.45, 2.75) is 34.1 Å². The van der Waals surface area contributed by atoms with Gasteiger partial charge in [0.2, 0.25) is 5.88 Å². The quantitative estimate of drug-likeness (QED) is 0.830. The fourth-order valence-electron chi connectivity index (χ4n) is 1.98. The van der Waals surface area contributed by atoms with Gasteiger partial charge in [0, 0.05) is 18.2 Å². The lowest BCUT2D eigenvalue weighted by Crippen LogP contribution is -2.08. The maximum absolute atomic E-state index is 5.71. The molecule has 0 amide bonds. The average molecular weight is 270 g/mol. The highest BCUT2D eigenvalue weighted by Crippen LogP contribution is 2.15. The van der Waals surface area contributed by atoms with Crippen LogP contribution in [0.1, 0.15) is 36.5 Å². The summed E-state index contributed by atoms with van der Waals surface area (Å²) in [6.07, 6.45) is 0.742. The summed E-state index contributed by atoms with van der Waals surface area (Å²) >= 11 is 0. The van der Waals surface area contributed by atoms with Gasteiger partial charge in [-0.15, -0.1) is 0 Å². The number of benzene rings is 1. The van der Waals surface area contributed by atoms with Gasteiger partial charge in [-0.2, -0.15) is 4.98 Å². The van der Waals surface area contributed by atoms with E-state index in [9.17, 15) is 0 Å². The SMILES string of the molecule is Cc1cc(OCC(C)C)nc(Cc2ccccc2C)n1. The Kier molecular flexibility index (Phi) is 4.72. The van der Waals surface area contributed by atoms with E-state index in [4.69, 9.17) is 4.74 Å². The van der Waals surface area contributed by atoms with Crippen LogP contribution >= 0.6 is 0 Å². The zero-order valence-corrected chi connectivity index (χ0v) is 12.7. The molecule has 0 aliphatic heterocycles. The van der Waals surface area contributed by atoms with Crippen LogP contribution in [0.2, 0.25) is 0 Å². The molecule has 1 heterocycles. The van der Waals surface area contributed by atoms with Gasteiger partial charge in [0.25, 0.3) is 0 Å². The van der Waals surface area contributed by atoms with Gasteiger partial charge < -0.3 is 4.74 Å². The summed E-state index contributed by atoms with van der Waals surface area (Å²) in [6.45, 7) is 9.03. The predicted octanol–water partition coefficient (Wildman–Crippen LogP) is 3.72. The summed E-state index contributed by atoms with van der Waals surface area (Å²) < 4.78 is 5.71. The van der Waals surface area contributed by atoms with E-state index >= 15 is 0 Å². The van der Waals surface area contributed by atoms with Crippen molar-refractivity contribution in [2.24, 2.45) is 5.92 Å². The second-order valence-corrected chi connectivity index (χ2v) is 5.57. The molecule has 0 radical (unpaired) electrons. The zero-order chi connectivity index (χ0) is 14.5. The first kappa shape index (κ1) is 14.5. The molecule has 0 spiro atoms. The van der Waals surface area contributed by atoms with Gasteiger partial charge in [-0.25, -0.2) is 4.98 Å². The molecule has 0 bridgehead atoms. The molecule has 20 heavy (non-hydrogen) atoms. The number of aryl methyl sites for hydroxylation is 2. The molecule has 0 saturated carbocycles. The summed E-state index contributed by atoms with van der Waals surface area (Å²) in [7, 11) is 0. The molecule has 2 aromatic rings. The van der Waals surface area contributed by atoms with E-state index in [-0.39, 0.29) is 0 Å². The third-order valence-electron chi connectivity index (χ3n) is 3.05. The molecule has 1 aromatic carbocycles. The van der Waals surface area contributed by atoms with E-state index in [1.807, 2.05) is 25.1 Å². The molecule has 0 fully saturated rings. The third-order valence-corrected chi connectivity index (χ3v) is 3.05. The molecule has 0 atom stereocenters. The number of ether oxygens (including phenoxy) is 1. The zero-order valence-electron chi connectivity index (χ0n) is 12.7. The highest BCUT2D eigenvalue weighted by molar-refractivity contribution is 5.29. The van der Waals surface area contributed by atoms with Crippen LogP contribution in [0.4, 0.5) is 0 Å². The first-order valence-corrected chi connectivity index (χ1v) is 7.06. The number of rotatable bonds is 5. The number of nitrogens with zero attached hydrogens (tertiary/aromatic N) is 2. The van der Waals surface area contributed by atoms with Crippen LogP contribution in [-0.2, 0) is 6.42 Å². The van der Waals surface area contributed by atoms with E-state index < -0.39 is 0 Å². The Morgan fingerprint density at radius 2 is 1.85 bits per heavy atom. The molecule has 2 rings (SSSR count). The second kappa shape index (κ2) is 6.51. The highest BCUT2D eigenvalue weighted by Gasteiger charge is 2.07. The summed E-state index contributed by atoms with van der Waals surface area (Å²) in [5.41, 5.74) is 3.47. The Bertz CT molecular complexity index is 579. The van der Waals surface area contributed by atoms with Crippen molar-refractivity contribution in [3.63, 3.8) is 0 Å². The molecular weight excluding hydrogens is 248 g/mol. The fourth-order valence-corrected chi connectivity index (χ4v) is 1.98. The molecule has 0 unspecified atom stereocenters. The molecule has 0 aliphatic carbocycles. The van der Waals surface area contributed by atoms with Gasteiger partial charge in [-0.1, -0.05) is 38.1 Å². The van der Waals surface area contributed by atoms with Crippen LogP contribution in [0.5, 0.6) is 5.88 Å². The van der Waals surface area contributed by atoms with Crippen molar-refractivity contribution in [2.75, 3.05) is 6.61 Å². The molecule has 3 nitrogen and oxygen atoms in total. The van der Waals surface area contributed by atoms with Gasteiger partial charge in [-0.05, 0) is 30.9 Å². The van der Waals surface area contributed by atoms with Crippen LogP contribution < -0.4 is 4.74 Å². The van der Waals surface area contributed by atoms with Crippen molar-refractivity contribution in [3.05, 3.63) is 53.0 Å². The van der Waals surface area contributed by atoms with Gasteiger partial charge in [0.15, 0.2) is 0 Å². The lowest BCUT2D eigenvalue weighted by molar-refractivity contribution is 0.260. The minimum absolute atomic E-state index is 0.491. The first-order valence-electron chi connectivity index (χ1n) is 7.06. The summed E-state index contributed by atoms with van der Waals surface area (Å²) in [6, 6.07) is 10.2. The first-order chi connectivity index (χ1) is 9.54. The summed E-state index contributed by atoms with van der Waals surface area (Å²) in [5, 5.41) is 0. The van der Waals surface area contributed by atoms with Crippen LogP contribution in [0.25, 0.3) is 0 Å². The van der Waals surface area contributed by atoms with Crippen molar-refractivity contribution < 1.29 is 4.74 Å². The predicted molar refractivity (Wildman–Crippen MR) is 81.1 cm³/mol. The smallest absolute Gasteiger partial charge is 0.216 e. The van der Waals surface area contributed by atoms with E-state index in [2.05, 4.69) is 42.9 Å². The van der Waals surface area contributed by atoms with Crippen molar-refractivity contribution in [3.8, 4) is 5.88 Å². The molecule has 1 aromatic heterocycles. The summed E-state index contributed by atoms with van der Waals surface area (Å²) in [4.78, 5) is 9.01. The Labute approximate surface area is 121 Å². The fraction of sp³-hybridized carbons (Fsp3) is 0.412. The van der Waals surface area contributed by atoms with Crippen LogP contribution in [0, 0.1) is 19.8 Å². The lowest BCUT2D eigenvalue weighted by Gasteiger charge is -2.10. The standard InChI is InChI=1S/C17H22N2O/c1-12(2)11-20-17-9-14(4)18-16(19-17)10-15-8-6-5-7-13(15)3/h5-9,12H,10-11H2,1-4H3.